The van der Waals surface area contributed by atoms with E-state index in [1.54, 1.807) is 0 Å². The highest BCUT2D eigenvalue weighted by molar-refractivity contribution is 5.91. The molecule has 2 rings (SSSR count). The van der Waals surface area contributed by atoms with Gasteiger partial charge in [0.15, 0.2) is 0 Å². The van der Waals surface area contributed by atoms with Crippen LogP contribution in [0.15, 0.2) is 18.2 Å². The number of nitrogens with one attached hydrogen (secondary N) is 2. The average molecular weight is 247 g/mol. The quantitative estimate of drug-likeness (QED) is 0.849. The van der Waals surface area contributed by atoms with Gasteiger partial charge in [-0.1, -0.05) is 0 Å². The van der Waals surface area contributed by atoms with E-state index in [0.29, 0.717) is 13.0 Å². The summed E-state index contributed by atoms with van der Waals surface area (Å²) >= 11 is 0. The number of anilines is 2. The number of aryl methyl sites for hydroxylation is 1. The fraction of sp³-hybridized carbons (Fsp3) is 0.500. The molecule has 1 aromatic carbocycles. The number of benzene rings is 1. The number of nitrogens with zero attached hydrogens (tertiary/aromatic N) is 1. The molecule has 0 radical (unpaired) electrons. The Labute approximate surface area is 108 Å². The van der Waals surface area contributed by atoms with Crippen LogP contribution in [0.5, 0.6) is 0 Å². The summed E-state index contributed by atoms with van der Waals surface area (Å²) in [4.78, 5) is 13.9. The Kier molecular flexibility index (Phi) is 4.20. The van der Waals surface area contributed by atoms with E-state index in [1.807, 2.05) is 13.1 Å². The topological polar surface area (TPSA) is 44.4 Å². The Hall–Kier alpha value is -1.55. The highest BCUT2D eigenvalue weighted by atomic mass is 16.1. The van der Waals surface area contributed by atoms with Gasteiger partial charge in [0.25, 0.3) is 0 Å². The lowest BCUT2D eigenvalue weighted by atomic mass is 10.0. The monoisotopic (exact) mass is 247 g/mol. The average Bonchev–Trinajstić information content (AvgIpc) is 2.36. The maximum Gasteiger partial charge on any atom is 0.225 e. The molecular formula is C14H21N3O. The Morgan fingerprint density at radius 3 is 3.06 bits per heavy atom. The third-order valence-electron chi connectivity index (χ3n) is 3.32. The van der Waals surface area contributed by atoms with Crippen molar-refractivity contribution in [2.75, 3.05) is 37.4 Å². The van der Waals surface area contributed by atoms with Gasteiger partial charge in [-0.15, -0.1) is 0 Å². The molecule has 0 aliphatic carbocycles. The fourth-order valence-corrected chi connectivity index (χ4v) is 2.33. The molecule has 1 aromatic rings. The van der Waals surface area contributed by atoms with Gasteiger partial charge in [-0.3, -0.25) is 4.79 Å². The minimum atomic E-state index is 0.0634. The number of rotatable bonds is 4. The maximum absolute atomic E-state index is 11.6. The van der Waals surface area contributed by atoms with Crippen molar-refractivity contribution in [2.45, 2.75) is 19.3 Å². The molecule has 0 bridgehead atoms. The number of amides is 1. The first kappa shape index (κ1) is 12.9. The molecule has 1 aliphatic heterocycles. The summed E-state index contributed by atoms with van der Waals surface area (Å²) in [7, 11) is 3.96. The van der Waals surface area contributed by atoms with Gasteiger partial charge in [-0.2, -0.15) is 0 Å². The van der Waals surface area contributed by atoms with E-state index in [0.717, 1.165) is 18.7 Å². The molecule has 1 amide bonds. The molecule has 0 fully saturated rings. The number of carbonyl (C=O) groups is 1. The first-order chi connectivity index (χ1) is 8.70. The third kappa shape index (κ3) is 3.01. The van der Waals surface area contributed by atoms with Crippen LogP contribution in [0.2, 0.25) is 0 Å². The summed E-state index contributed by atoms with van der Waals surface area (Å²) in [6, 6.07) is 6.18. The van der Waals surface area contributed by atoms with Gasteiger partial charge in [0, 0.05) is 37.9 Å². The summed E-state index contributed by atoms with van der Waals surface area (Å²) in [6.45, 7) is 1.82. The highest BCUT2D eigenvalue weighted by Crippen LogP contribution is 2.28. The van der Waals surface area contributed by atoms with Crippen LogP contribution in [-0.4, -0.2) is 33.1 Å². The zero-order chi connectivity index (χ0) is 13.0. The van der Waals surface area contributed by atoms with Crippen LogP contribution >= 0.6 is 0 Å². The van der Waals surface area contributed by atoms with Gasteiger partial charge in [-0.05, 0) is 43.7 Å². The van der Waals surface area contributed by atoms with E-state index >= 15 is 0 Å². The molecule has 4 nitrogen and oxygen atoms in total. The van der Waals surface area contributed by atoms with Crippen LogP contribution in [0.25, 0.3) is 0 Å². The lowest BCUT2D eigenvalue weighted by Crippen LogP contribution is -2.25. The SMILES string of the molecule is CNCCC(=O)Nc1ccc2c(c1)CCCN2C. The predicted octanol–water partition coefficient (Wildman–Crippen LogP) is 1.62. The zero-order valence-corrected chi connectivity index (χ0v) is 11.1. The van der Waals surface area contributed by atoms with E-state index in [1.165, 1.54) is 17.7 Å². The van der Waals surface area contributed by atoms with E-state index in [4.69, 9.17) is 0 Å². The van der Waals surface area contributed by atoms with Crippen molar-refractivity contribution in [1.82, 2.24) is 5.32 Å². The van der Waals surface area contributed by atoms with Crippen LogP contribution in [-0.2, 0) is 11.2 Å². The Morgan fingerprint density at radius 2 is 2.28 bits per heavy atom. The molecule has 0 saturated heterocycles. The summed E-state index contributed by atoms with van der Waals surface area (Å²) in [5.41, 5.74) is 3.52. The van der Waals surface area contributed by atoms with Gasteiger partial charge in [0.05, 0.1) is 0 Å². The van der Waals surface area contributed by atoms with Gasteiger partial charge < -0.3 is 15.5 Å². The molecule has 98 valence electrons. The summed E-state index contributed by atoms with van der Waals surface area (Å²) in [5.74, 6) is 0.0634. The van der Waals surface area contributed by atoms with Gasteiger partial charge in [-0.25, -0.2) is 0 Å². The number of hydrogen-bond donors (Lipinski definition) is 2. The van der Waals surface area contributed by atoms with Crippen LogP contribution in [0.4, 0.5) is 11.4 Å². The standard InChI is InChI=1S/C14H21N3O/c1-15-8-7-14(18)16-12-5-6-13-11(10-12)4-3-9-17(13)2/h5-6,10,15H,3-4,7-9H2,1-2H3,(H,16,18). The molecular weight excluding hydrogens is 226 g/mol. The molecule has 1 aliphatic rings. The van der Waals surface area contributed by atoms with Crippen molar-refractivity contribution < 1.29 is 4.79 Å². The Morgan fingerprint density at radius 1 is 1.44 bits per heavy atom. The smallest absolute Gasteiger partial charge is 0.225 e. The number of carbonyl (C=O) groups excluding carboxylic acids is 1. The van der Waals surface area contributed by atoms with Crippen molar-refractivity contribution in [2.24, 2.45) is 0 Å². The third-order valence-corrected chi connectivity index (χ3v) is 3.32. The Bertz CT molecular complexity index is 431. The largest absolute Gasteiger partial charge is 0.374 e. The minimum absolute atomic E-state index is 0.0634. The van der Waals surface area contributed by atoms with Gasteiger partial charge in [0.2, 0.25) is 5.91 Å². The van der Waals surface area contributed by atoms with Crippen LogP contribution < -0.4 is 15.5 Å². The molecule has 18 heavy (non-hydrogen) atoms. The van der Waals surface area contributed by atoms with E-state index in [2.05, 4.69) is 34.7 Å². The van der Waals surface area contributed by atoms with Crippen LogP contribution in [0, 0.1) is 0 Å². The second-order valence-electron chi connectivity index (χ2n) is 4.77. The number of hydrogen-bond acceptors (Lipinski definition) is 3. The number of fused-ring (bicyclic) bond motifs is 1. The first-order valence-electron chi connectivity index (χ1n) is 6.49. The summed E-state index contributed by atoms with van der Waals surface area (Å²) < 4.78 is 0. The predicted molar refractivity (Wildman–Crippen MR) is 75.2 cm³/mol. The summed E-state index contributed by atoms with van der Waals surface area (Å²) in [6.07, 6.45) is 2.79. The van der Waals surface area contributed by atoms with Crippen molar-refractivity contribution >= 4 is 17.3 Å². The normalized spacial score (nSPS) is 14.2. The van der Waals surface area contributed by atoms with Crippen molar-refractivity contribution in [3.8, 4) is 0 Å². The van der Waals surface area contributed by atoms with Crippen molar-refractivity contribution in [3.05, 3.63) is 23.8 Å². The fourth-order valence-electron chi connectivity index (χ4n) is 2.33. The lowest BCUT2D eigenvalue weighted by Gasteiger charge is -2.27. The van der Waals surface area contributed by atoms with E-state index in [9.17, 15) is 4.79 Å². The van der Waals surface area contributed by atoms with Crippen LogP contribution in [0.1, 0.15) is 18.4 Å². The second kappa shape index (κ2) is 5.87. The van der Waals surface area contributed by atoms with Crippen molar-refractivity contribution in [3.63, 3.8) is 0 Å². The Balaban J connectivity index is 2.04. The van der Waals surface area contributed by atoms with Crippen molar-refractivity contribution in [1.29, 1.82) is 0 Å². The first-order valence-corrected chi connectivity index (χ1v) is 6.49. The maximum atomic E-state index is 11.6. The second-order valence-corrected chi connectivity index (χ2v) is 4.77. The molecule has 0 spiro atoms. The molecule has 4 heteroatoms. The zero-order valence-electron chi connectivity index (χ0n) is 11.1. The molecule has 0 saturated carbocycles. The lowest BCUT2D eigenvalue weighted by molar-refractivity contribution is -0.116. The van der Waals surface area contributed by atoms with Crippen LogP contribution in [0.3, 0.4) is 0 Å². The molecule has 0 aromatic heterocycles. The molecule has 0 atom stereocenters. The molecule has 2 N–H and O–H groups in total. The van der Waals surface area contributed by atoms with E-state index in [-0.39, 0.29) is 5.91 Å². The minimum Gasteiger partial charge on any atom is -0.374 e. The summed E-state index contributed by atoms with van der Waals surface area (Å²) in [5, 5.41) is 5.92. The van der Waals surface area contributed by atoms with Gasteiger partial charge in [0.1, 0.15) is 0 Å². The van der Waals surface area contributed by atoms with E-state index < -0.39 is 0 Å². The molecule has 0 unspecified atom stereocenters. The molecule has 1 heterocycles. The highest BCUT2D eigenvalue weighted by Gasteiger charge is 2.14. The van der Waals surface area contributed by atoms with Gasteiger partial charge >= 0.3 is 0 Å².